The molecule has 3 atom stereocenters. The lowest BCUT2D eigenvalue weighted by atomic mass is 10.0. The topological polar surface area (TPSA) is 92.2 Å². The normalized spacial score (nSPS) is 22.4. The van der Waals surface area contributed by atoms with E-state index in [1.807, 2.05) is 42.2 Å². The molecule has 1 aliphatic carbocycles. The van der Waals surface area contributed by atoms with E-state index in [1.54, 1.807) is 11.3 Å². The van der Waals surface area contributed by atoms with Crippen molar-refractivity contribution in [2.45, 2.75) is 26.9 Å². The van der Waals surface area contributed by atoms with Crippen LogP contribution in [0.3, 0.4) is 0 Å². The second-order valence-corrected chi connectivity index (χ2v) is 11.6. The first-order valence-electron chi connectivity index (χ1n) is 13.5. The number of benzene rings is 2. The van der Waals surface area contributed by atoms with Gasteiger partial charge in [0.05, 0.1) is 24.8 Å². The number of rotatable bonds is 7. The second kappa shape index (κ2) is 10.6. The van der Waals surface area contributed by atoms with Crippen molar-refractivity contribution in [1.82, 2.24) is 9.88 Å². The smallest absolute Gasteiger partial charge is 0.307 e. The van der Waals surface area contributed by atoms with Crippen LogP contribution in [0.25, 0.3) is 11.3 Å². The molecule has 8 nitrogen and oxygen atoms in total. The molecule has 6 rings (SSSR count). The Morgan fingerprint density at radius 2 is 1.92 bits per heavy atom. The van der Waals surface area contributed by atoms with E-state index in [0.29, 0.717) is 44.4 Å². The quantitative estimate of drug-likeness (QED) is 0.461. The van der Waals surface area contributed by atoms with Gasteiger partial charge in [0, 0.05) is 42.7 Å². The van der Waals surface area contributed by atoms with Crippen LogP contribution in [-0.2, 0) is 16.1 Å². The third kappa shape index (κ3) is 5.25. The minimum absolute atomic E-state index is 0.0402. The largest absolute Gasteiger partial charge is 0.488 e. The van der Waals surface area contributed by atoms with Gasteiger partial charge in [0.25, 0.3) is 5.91 Å². The first-order chi connectivity index (χ1) is 18.9. The molecule has 39 heavy (non-hydrogen) atoms. The summed E-state index contributed by atoms with van der Waals surface area (Å²) < 4.78 is 11.7. The Balaban J connectivity index is 1.15. The molecule has 1 N–H and O–H groups in total. The van der Waals surface area contributed by atoms with E-state index >= 15 is 0 Å². The maximum absolute atomic E-state index is 12.9. The van der Waals surface area contributed by atoms with E-state index in [2.05, 4.69) is 23.3 Å². The molecule has 3 unspecified atom stereocenters. The van der Waals surface area contributed by atoms with Crippen molar-refractivity contribution >= 4 is 28.3 Å². The summed E-state index contributed by atoms with van der Waals surface area (Å²) in [5.74, 6) is 0.504. The summed E-state index contributed by atoms with van der Waals surface area (Å²) in [4.78, 5) is 33.3. The number of nitrogens with zero attached hydrogens (tertiary/aromatic N) is 3. The Bertz CT molecular complexity index is 1400. The number of hydrogen-bond acceptors (Lipinski definition) is 7. The summed E-state index contributed by atoms with van der Waals surface area (Å²) in [6.07, 6.45) is 0.908. The monoisotopic (exact) mass is 547 g/mol. The number of hydrogen-bond donors (Lipinski definition) is 1. The van der Waals surface area contributed by atoms with Crippen molar-refractivity contribution in [3.8, 4) is 17.0 Å². The summed E-state index contributed by atoms with van der Waals surface area (Å²) in [5.41, 5.74) is 5.66. The average Bonchev–Trinajstić information content (AvgIpc) is 3.47. The summed E-state index contributed by atoms with van der Waals surface area (Å²) in [6, 6.07) is 11.9. The molecule has 1 amide bonds. The number of aliphatic carboxylic acids is 1. The first kappa shape index (κ1) is 25.8. The molecule has 3 heterocycles. The summed E-state index contributed by atoms with van der Waals surface area (Å²) in [7, 11) is 0. The van der Waals surface area contributed by atoms with Crippen molar-refractivity contribution in [3.63, 3.8) is 0 Å². The van der Waals surface area contributed by atoms with Crippen LogP contribution in [0.1, 0.15) is 33.5 Å². The maximum Gasteiger partial charge on any atom is 0.307 e. The molecular weight excluding hydrogens is 514 g/mol. The van der Waals surface area contributed by atoms with Gasteiger partial charge in [0.1, 0.15) is 12.4 Å². The standard InChI is InChI=1S/C30H33N3O5S/c1-18-3-6-26(38-16-21-5-4-20(14-19(21)2)28(34)32-9-11-37-12-10-32)23(13-18)25-17-39-30(31-25)33-8-7-22-24(15-33)27(22)29(35)36/h3-6,13-14,17,22,24,27H,7-12,15-16H2,1-2H3,(H,35,36). The molecule has 0 spiro atoms. The lowest BCUT2D eigenvalue weighted by molar-refractivity contribution is -0.139. The number of carboxylic acid groups (broad SMARTS) is 1. The fraction of sp³-hybridized carbons (Fsp3) is 0.433. The molecule has 1 saturated carbocycles. The molecule has 0 radical (unpaired) electrons. The molecule has 2 aliphatic heterocycles. The predicted octanol–water partition coefficient (Wildman–Crippen LogP) is 4.64. The number of carbonyl (C=O) groups is 2. The first-order valence-corrected chi connectivity index (χ1v) is 14.4. The third-order valence-electron chi connectivity index (χ3n) is 8.22. The number of amides is 1. The zero-order valence-corrected chi connectivity index (χ0v) is 23.1. The van der Waals surface area contributed by atoms with Crippen molar-refractivity contribution < 1.29 is 24.2 Å². The van der Waals surface area contributed by atoms with Gasteiger partial charge < -0.3 is 24.4 Å². The zero-order chi connectivity index (χ0) is 27.1. The Hall–Kier alpha value is -3.43. The van der Waals surface area contributed by atoms with E-state index < -0.39 is 5.97 Å². The van der Waals surface area contributed by atoms with Crippen LogP contribution in [0.15, 0.2) is 41.8 Å². The molecular formula is C30H33N3O5S. The highest BCUT2D eigenvalue weighted by atomic mass is 32.1. The zero-order valence-electron chi connectivity index (χ0n) is 22.3. The maximum atomic E-state index is 12.9. The molecule has 3 aromatic rings. The number of aromatic nitrogens is 1. The number of anilines is 1. The minimum atomic E-state index is -0.665. The van der Waals surface area contributed by atoms with Gasteiger partial charge in [0.2, 0.25) is 0 Å². The SMILES string of the molecule is Cc1ccc(OCc2ccc(C(=O)N3CCOCC3)cc2C)c(-c2csc(N3CCC4C(C3)C4C(=O)O)n2)c1. The number of thiazole rings is 1. The van der Waals surface area contributed by atoms with Crippen LogP contribution in [0.4, 0.5) is 5.13 Å². The van der Waals surface area contributed by atoms with E-state index in [0.717, 1.165) is 58.3 Å². The lowest BCUT2D eigenvalue weighted by Crippen LogP contribution is -2.40. The summed E-state index contributed by atoms with van der Waals surface area (Å²) in [5, 5.41) is 12.4. The van der Waals surface area contributed by atoms with Crippen LogP contribution >= 0.6 is 11.3 Å². The van der Waals surface area contributed by atoms with Crippen molar-refractivity contribution in [2.75, 3.05) is 44.3 Å². The molecule has 0 bridgehead atoms. The fourth-order valence-corrected chi connectivity index (χ4v) is 6.74. The molecule has 204 valence electrons. The molecule has 2 aromatic carbocycles. The van der Waals surface area contributed by atoms with Crippen LogP contribution in [0, 0.1) is 31.6 Å². The molecule has 1 aromatic heterocycles. The van der Waals surface area contributed by atoms with Gasteiger partial charge in [-0.25, -0.2) is 4.98 Å². The van der Waals surface area contributed by atoms with Crippen molar-refractivity contribution in [1.29, 1.82) is 0 Å². The number of aryl methyl sites for hydroxylation is 2. The van der Waals surface area contributed by atoms with Gasteiger partial charge in [0.15, 0.2) is 5.13 Å². The van der Waals surface area contributed by atoms with E-state index in [-0.39, 0.29) is 17.7 Å². The van der Waals surface area contributed by atoms with E-state index in [9.17, 15) is 14.7 Å². The highest BCUT2D eigenvalue weighted by molar-refractivity contribution is 7.14. The van der Waals surface area contributed by atoms with Crippen LogP contribution in [0.5, 0.6) is 5.75 Å². The van der Waals surface area contributed by atoms with Gasteiger partial charge in [-0.3, -0.25) is 9.59 Å². The van der Waals surface area contributed by atoms with Crippen molar-refractivity contribution in [2.24, 2.45) is 17.8 Å². The average molecular weight is 548 g/mol. The van der Waals surface area contributed by atoms with Crippen LogP contribution in [0.2, 0.25) is 0 Å². The van der Waals surface area contributed by atoms with Crippen LogP contribution < -0.4 is 9.64 Å². The number of fused-ring (bicyclic) bond motifs is 1. The highest BCUT2D eigenvalue weighted by Gasteiger charge is 2.57. The van der Waals surface area contributed by atoms with E-state index in [1.165, 1.54) is 0 Å². The number of carbonyl (C=O) groups excluding carboxylic acids is 1. The molecule has 2 saturated heterocycles. The predicted molar refractivity (Wildman–Crippen MR) is 149 cm³/mol. The van der Waals surface area contributed by atoms with Gasteiger partial charge in [-0.2, -0.15) is 0 Å². The van der Waals surface area contributed by atoms with E-state index in [4.69, 9.17) is 14.5 Å². The Kier molecular flexibility index (Phi) is 7.03. The molecule has 9 heteroatoms. The molecule has 3 aliphatic rings. The second-order valence-electron chi connectivity index (χ2n) is 10.8. The highest BCUT2D eigenvalue weighted by Crippen LogP contribution is 2.52. The Morgan fingerprint density at radius 1 is 1.10 bits per heavy atom. The fourth-order valence-electron chi connectivity index (χ4n) is 5.88. The summed E-state index contributed by atoms with van der Waals surface area (Å²) in [6.45, 7) is 8.47. The van der Waals surface area contributed by atoms with Gasteiger partial charge in [-0.1, -0.05) is 17.7 Å². The number of ether oxygens (including phenoxy) is 2. The van der Waals surface area contributed by atoms with Gasteiger partial charge in [-0.15, -0.1) is 11.3 Å². The minimum Gasteiger partial charge on any atom is -0.488 e. The number of carboxylic acids is 1. The Morgan fingerprint density at radius 3 is 2.69 bits per heavy atom. The lowest BCUT2D eigenvalue weighted by Gasteiger charge is -2.27. The third-order valence-corrected chi connectivity index (χ3v) is 9.13. The Labute approximate surface area is 232 Å². The molecule has 3 fully saturated rings. The summed E-state index contributed by atoms with van der Waals surface area (Å²) >= 11 is 1.60. The number of morpholine rings is 1. The van der Waals surface area contributed by atoms with Gasteiger partial charge in [-0.05, 0) is 67.5 Å². The number of piperidine rings is 1. The van der Waals surface area contributed by atoms with Gasteiger partial charge >= 0.3 is 5.97 Å². The van der Waals surface area contributed by atoms with Crippen molar-refractivity contribution in [3.05, 3.63) is 64.0 Å². The van der Waals surface area contributed by atoms with Crippen LogP contribution in [-0.4, -0.2) is 66.3 Å².